The van der Waals surface area contributed by atoms with Gasteiger partial charge < -0.3 is 10.1 Å². The van der Waals surface area contributed by atoms with Gasteiger partial charge in [-0.2, -0.15) is 5.10 Å². The van der Waals surface area contributed by atoms with Crippen molar-refractivity contribution in [3.05, 3.63) is 73.0 Å². The average Bonchev–Trinajstić information content (AvgIpc) is 3.09. The first kappa shape index (κ1) is 17.0. The Morgan fingerprint density at radius 1 is 1.35 bits per heavy atom. The van der Waals surface area contributed by atoms with Gasteiger partial charge in [-0.3, -0.25) is 9.78 Å². The number of hydrogen-bond acceptors (Lipinski definition) is 6. The zero-order chi connectivity index (χ0) is 18.5. The summed E-state index contributed by atoms with van der Waals surface area (Å²) >= 11 is 0. The number of carbonyl (C=O) groups is 1. The van der Waals surface area contributed by atoms with Crippen LogP contribution in [0.1, 0.15) is 10.4 Å². The smallest absolute Gasteiger partial charge is 0.260 e. The Hall–Kier alpha value is -3.88. The molecule has 3 aromatic rings. The van der Waals surface area contributed by atoms with E-state index in [1.807, 2.05) is 0 Å². The minimum Gasteiger partial charge on any atom is -0.454 e. The second-order valence-electron chi connectivity index (χ2n) is 4.96. The molecule has 1 N–H and O–H groups in total. The number of pyridine rings is 2. The van der Waals surface area contributed by atoms with Gasteiger partial charge in [0.05, 0.1) is 24.2 Å². The molecular weight excluding hydrogens is 339 g/mol. The summed E-state index contributed by atoms with van der Waals surface area (Å²) in [7, 11) is 0. The summed E-state index contributed by atoms with van der Waals surface area (Å²) in [6, 6.07) is 2.63. The monoisotopic (exact) mass is 352 g/mol. The molecule has 0 aliphatic carbocycles. The van der Waals surface area contributed by atoms with Gasteiger partial charge in [0.1, 0.15) is 29.5 Å². The number of amides is 1. The SMILES string of the molecule is C=C/C=C(\N=C)NC(=O)c1cc(Oc2cncc(F)c2)cn2ncnc12. The Labute approximate surface area is 147 Å². The normalized spacial score (nSPS) is 11.2. The predicted molar refractivity (Wildman–Crippen MR) is 92.6 cm³/mol. The van der Waals surface area contributed by atoms with Crippen molar-refractivity contribution in [1.29, 1.82) is 0 Å². The Balaban J connectivity index is 1.98. The lowest BCUT2D eigenvalue weighted by Gasteiger charge is -2.09. The van der Waals surface area contributed by atoms with Gasteiger partial charge in [-0.25, -0.2) is 18.9 Å². The summed E-state index contributed by atoms with van der Waals surface area (Å²) in [6.07, 6.45) is 8.17. The summed E-state index contributed by atoms with van der Waals surface area (Å²) in [5.41, 5.74) is 0.497. The fourth-order valence-electron chi connectivity index (χ4n) is 2.14. The van der Waals surface area contributed by atoms with Gasteiger partial charge in [0.15, 0.2) is 5.65 Å². The molecule has 8 nitrogen and oxygen atoms in total. The molecule has 0 atom stereocenters. The van der Waals surface area contributed by atoms with Crippen LogP contribution in [0.2, 0.25) is 0 Å². The third kappa shape index (κ3) is 3.61. The number of nitrogens with zero attached hydrogens (tertiary/aromatic N) is 5. The van der Waals surface area contributed by atoms with Crippen LogP contribution in [0.15, 0.2) is 66.6 Å². The van der Waals surface area contributed by atoms with Crippen LogP contribution in [0.5, 0.6) is 11.5 Å². The number of hydrogen-bond donors (Lipinski definition) is 1. The van der Waals surface area contributed by atoms with E-state index in [-0.39, 0.29) is 22.9 Å². The first-order chi connectivity index (χ1) is 12.6. The molecule has 0 saturated carbocycles. The molecule has 0 spiro atoms. The number of aliphatic imine (C=N–C) groups is 1. The van der Waals surface area contributed by atoms with Crippen molar-refractivity contribution < 1.29 is 13.9 Å². The molecule has 3 aromatic heterocycles. The number of rotatable bonds is 6. The number of halogens is 1. The Bertz CT molecular complexity index is 1030. The van der Waals surface area contributed by atoms with E-state index >= 15 is 0 Å². The lowest BCUT2D eigenvalue weighted by Crippen LogP contribution is -2.22. The van der Waals surface area contributed by atoms with E-state index in [9.17, 15) is 9.18 Å². The zero-order valence-corrected chi connectivity index (χ0v) is 13.5. The number of allylic oxidation sites excluding steroid dienone is 2. The van der Waals surface area contributed by atoms with E-state index in [0.29, 0.717) is 5.65 Å². The average molecular weight is 352 g/mol. The van der Waals surface area contributed by atoms with Crippen LogP contribution < -0.4 is 10.1 Å². The summed E-state index contributed by atoms with van der Waals surface area (Å²) in [5, 5.41) is 6.59. The summed E-state index contributed by atoms with van der Waals surface area (Å²) < 4.78 is 20.2. The van der Waals surface area contributed by atoms with Crippen molar-refractivity contribution in [2.75, 3.05) is 0 Å². The van der Waals surface area contributed by atoms with Crippen LogP contribution in [-0.2, 0) is 0 Å². The Morgan fingerprint density at radius 2 is 2.19 bits per heavy atom. The maximum atomic E-state index is 13.3. The quantitative estimate of drug-likeness (QED) is 0.543. The van der Waals surface area contributed by atoms with E-state index < -0.39 is 11.7 Å². The molecule has 1 amide bonds. The van der Waals surface area contributed by atoms with Crippen LogP contribution in [0.3, 0.4) is 0 Å². The molecule has 9 heteroatoms. The van der Waals surface area contributed by atoms with Crippen molar-refractivity contribution in [3.8, 4) is 11.5 Å². The number of aromatic nitrogens is 4. The fraction of sp³-hybridized carbons (Fsp3) is 0. The van der Waals surface area contributed by atoms with E-state index in [4.69, 9.17) is 4.74 Å². The first-order valence-corrected chi connectivity index (χ1v) is 7.33. The molecule has 3 rings (SSSR count). The maximum absolute atomic E-state index is 13.3. The predicted octanol–water partition coefficient (Wildman–Crippen LogP) is 2.51. The summed E-state index contributed by atoms with van der Waals surface area (Å²) in [4.78, 5) is 24.0. The van der Waals surface area contributed by atoms with Gasteiger partial charge in [0.2, 0.25) is 0 Å². The largest absolute Gasteiger partial charge is 0.454 e. The van der Waals surface area contributed by atoms with Crippen molar-refractivity contribution in [2.45, 2.75) is 0 Å². The highest BCUT2D eigenvalue weighted by molar-refractivity contribution is 6.01. The van der Waals surface area contributed by atoms with Crippen molar-refractivity contribution in [2.24, 2.45) is 4.99 Å². The minimum atomic E-state index is -0.543. The third-order valence-corrected chi connectivity index (χ3v) is 3.20. The minimum absolute atomic E-state index is 0.177. The molecule has 0 aromatic carbocycles. The lowest BCUT2D eigenvalue weighted by atomic mass is 10.2. The van der Waals surface area contributed by atoms with Gasteiger partial charge in [-0.15, -0.1) is 0 Å². The van der Waals surface area contributed by atoms with Gasteiger partial charge in [-0.1, -0.05) is 12.7 Å². The fourth-order valence-corrected chi connectivity index (χ4v) is 2.14. The molecule has 0 radical (unpaired) electrons. The van der Waals surface area contributed by atoms with Crippen molar-refractivity contribution in [1.82, 2.24) is 24.9 Å². The molecule has 0 saturated heterocycles. The van der Waals surface area contributed by atoms with Crippen LogP contribution in [-0.4, -0.2) is 32.2 Å². The number of carbonyl (C=O) groups excluding carboxylic acids is 1. The topological polar surface area (TPSA) is 93.8 Å². The van der Waals surface area contributed by atoms with Crippen LogP contribution >= 0.6 is 0 Å². The van der Waals surface area contributed by atoms with Gasteiger partial charge in [-0.05, 0) is 18.9 Å². The Kier molecular flexibility index (Phi) is 4.79. The van der Waals surface area contributed by atoms with E-state index in [1.54, 1.807) is 0 Å². The molecule has 0 aliphatic heterocycles. The van der Waals surface area contributed by atoms with Crippen molar-refractivity contribution in [3.63, 3.8) is 0 Å². The third-order valence-electron chi connectivity index (χ3n) is 3.20. The van der Waals surface area contributed by atoms with E-state index in [2.05, 4.69) is 38.7 Å². The Morgan fingerprint density at radius 3 is 2.92 bits per heavy atom. The molecule has 0 bridgehead atoms. The standard InChI is InChI=1S/C17H13FN6O2/c1-3-4-15(19-2)23-17(25)14-6-13(9-24-16(14)21-10-22-24)26-12-5-11(18)7-20-8-12/h3-10H,1-2H2,(H,23,25)/b15-4+. The molecule has 0 unspecified atom stereocenters. The summed E-state index contributed by atoms with van der Waals surface area (Å²) in [5.74, 6) is -0.384. The van der Waals surface area contributed by atoms with Gasteiger partial charge in [0, 0.05) is 6.07 Å². The highest BCUT2D eigenvalue weighted by atomic mass is 19.1. The molecule has 130 valence electrons. The second kappa shape index (κ2) is 7.34. The number of ether oxygens (including phenoxy) is 1. The van der Waals surface area contributed by atoms with E-state index in [1.165, 1.54) is 47.5 Å². The molecule has 3 heterocycles. The van der Waals surface area contributed by atoms with Crippen molar-refractivity contribution >= 4 is 18.3 Å². The molecule has 26 heavy (non-hydrogen) atoms. The molecule has 0 aliphatic rings. The summed E-state index contributed by atoms with van der Waals surface area (Å²) in [6.45, 7) is 6.92. The lowest BCUT2D eigenvalue weighted by molar-refractivity contribution is 0.0966. The maximum Gasteiger partial charge on any atom is 0.260 e. The van der Waals surface area contributed by atoms with Crippen LogP contribution in [0, 0.1) is 5.82 Å². The number of fused-ring (bicyclic) bond motifs is 1. The van der Waals surface area contributed by atoms with E-state index in [0.717, 1.165) is 6.20 Å². The molecule has 0 fully saturated rings. The highest BCUT2D eigenvalue weighted by Crippen LogP contribution is 2.24. The zero-order valence-electron chi connectivity index (χ0n) is 13.5. The second-order valence-corrected chi connectivity index (χ2v) is 4.96. The highest BCUT2D eigenvalue weighted by Gasteiger charge is 2.16. The van der Waals surface area contributed by atoms with Crippen LogP contribution in [0.4, 0.5) is 4.39 Å². The molecular formula is C17H13FN6O2. The first-order valence-electron chi connectivity index (χ1n) is 7.33. The van der Waals surface area contributed by atoms with Gasteiger partial charge in [0.25, 0.3) is 5.91 Å². The number of nitrogens with one attached hydrogen (secondary N) is 1. The van der Waals surface area contributed by atoms with Gasteiger partial charge >= 0.3 is 0 Å². The van der Waals surface area contributed by atoms with Crippen LogP contribution in [0.25, 0.3) is 5.65 Å².